The molecular formula is C24H18Cl2FN3O2. The molecule has 0 saturated carbocycles. The normalized spacial score (nSPS) is 10.7. The topological polar surface area (TPSA) is 56.2 Å². The summed E-state index contributed by atoms with van der Waals surface area (Å²) < 4.78 is 21.1. The molecule has 1 amide bonds. The molecule has 0 saturated heterocycles. The monoisotopic (exact) mass is 469 g/mol. The molecule has 0 radical (unpaired) electrons. The molecule has 0 atom stereocenters. The summed E-state index contributed by atoms with van der Waals surface area (Å²) in [7, 11) is 0. The predicted octanol–water partition coefficient (Wildman–Crippen LogP) is 6.21. The van der Waals surface area contributed by atoms with Crippen LogP contribution in [0, 0.1) is 5.82 Å². The number of benzene rings is 3. The molecular weight excluding hydrogens is 452 g/mol. The second-order valence-corrected chi connectivity index (χ2v) is 7.85. The summed E-state index contributed by atoms with van der Waals surface area (Å²) in [6, 6.07) is 20.2. The third kappa shape index (κ3) is 5.46. The van der Waals surface area contributed by atoms with Gasteiger partial charge in [0, 0.05) is 28.4 Å². The molecule has 4 rings (SSSR count). The van der Waals surface area contributed by atoms with Gasteiger partial charge in [0.2, 0.25) is 0 Å². The Hall–Kier alpha value is -3.35. The average Bonchev–Trinajstić information content (AvgIpc) is 3.22. The smallest absolute Gasteiger partial charge is 0.256 e. The number of hydrogen-bond acceptors (Lipinski definition) is 3. The van der Waals surface area contributed by atoms with Gasteiger partial charge in [-0.1, -0.05) is 53.5 Å². The van der Waals surface area contributed by atoms with E-state index in [1.165, 1.54) is 6.07 Å². The molecule has 0 unspecified atom stereocenters. The second kappa shape index (κ2) is 9.85. The van der Waals surface area contributed by atoms with Crippen LogP contribution in [0.4, 0.5) is 10.2 Å². The molecule has 1 N–H and O–H groups in total. The Balaban J connectivity index is 1.34. The van der Waals surface area contributed by atoms with Crippen LogP contribution in [0.25, 0.3) is 0 Å². The maximum absolute atomic E-state index is 13.8. The van der Waals surface area contributed by atoms with E-state index in [9.17, 15) is 9.18 Å². The number of amides is 1. The number of aromatic nitrogens is 2. The largest absolute Gasteiger partial charge is 0.487 e. The lowest BCUT2D eigenvalue weighted by atomic mass is 10.1. The van der Waals surface area contributed by atoms with Crippen molar-refractivity contribution in [2.45, 2.75) is 13.2 Å². The fourth-order valence-electron chi connectivity index (χ4n) is 3.01. The highest BCUT2D eigenvalue weighted by atomic mass is 35.5. The number of anilines is 1. The summed E-state index contributed by atoms with van der Waals surface area (Å²) in [5.41, 5.74) is 1.87. The van der Waals surface area contributed by atoms with Crippen LogP contribution in [0.2, 0.25) is 10.0 Å². The fourth-order valence-corrected chi connectivity index (χ4v) is 3.47. The van der Waals surface area contributed by atoms with Crippen molar-refractivity contribution < 1.29 is 13.9 Å². The minimum atomic E-state index is -0.297. The van der Waals surface area contributed by atoms with Crippen LogP contribution >= 0.6 is 23.2 Å². The summed E-state index contributed by atoms with van der Waals surface area (Å²) in [5.74, 6) is 0.324. The molecule has 1 heterocycles. The zero-order valence-corrected chi connectivity index (χ0v) is 18.3. The summed E-state index contributed by atoms with van der Waals surface area (Å²) in [6.07, 6.45) is 1.68. The van der Waals surface area contributed by atoms with Gasteiger partial charge < -0.3 is 10.1 Å². The first-order valence-corrected chi connectivity index (χ1v) is 10.5. The van der Waals surface area contributed by atoms with Crippen LogP contribution in [0.5, 0.6) is 5.75 Å². The third-order valence-corrected chi connectivity index (χ3v) is 5.21. The van der Waals surface area contributed by atoms with Gasteiger partial charge in [-0.3, -0.25) is 9.48 Å². The van der Waals surface area contributed by atoms with Crippen molar-refractivity contribution >= 4 is 34.9 Å². The van der Waals surface area contributed by atoms with E-state index in [1.54, 1.807) is 77.6 Å². The Kier molecular flexibility index (Phi) is 6.73. The quantitative estimate of drug-likeness (QED) is 0.350. The number of carbonyl (C=O) groups excluding carboxylic acids is 1. The van der Waals surface area contributed by atoms with E-state index < -0.39 is 0 Å². The number of nitrogens with zero attached hydrogens (tertiary/aromatic N) is 2. The summed E-state index contributed by atoms with van der Waals surface area (Å²) in [4.78, 5) is 12.5. The van der Waals surface area contributed by atoms with Crippen LogP contribution < -0.4 is 10.1 Å². The Morgan fingerprint density at radius 2 is 1.81 bits per heavy atom. The van der Waals surface area contributed by atoms with Gasteiger partial charge in [0.15, 0.2) is 5.82 Å². The predicted molar refractivity (Wildman–Crippen MR) is 123 cm³/mol. The fraction of sp³-hybridized carbons (Fsp3) is 0.0833. The second-order valence-electron chi connectivity index (χ2n) is 7.00. The van der Waals surface area contributed by atoms with Crippen molar-refractivity contribution in [3.63, 3.8) is 0 Å². The van der Waals surface area contributed by atoms with Crippen LogP contribution in [-0.4, -0.2) is 15.7 Å². The molecule has 1 aromatic heterocycles. The van der Waals surface area contributed by atoms with Crippen molar-refractivity contribution in [2.75, 3.05) is 5.32 Å². The van der Waals surface area contributed by atoms with Crippen molar-refractivity contribution in [1.29, 1.82) is 0 Å². The minimum absolute atomic E-state index is 0.273. The van der Waals surface area contributed by atoms with Gasteiger partial charge in [-0.2, -0.15) is 5.10 Å². The molecule has 0 aliphatic heterocycles. The number of nitrogens with one attached hydrogen (secondary N) is 1. The number of rotatable bonds is 7. The zero-order chi connectivity index (χ0) is 22.5. The molecule has 0 spiro atoms. The molecule has 3 aromatic carbocycles. The van der Waals surface area contributed by atoms with Crippen molar-refractivity contribution in [1.82, 2.24) is 9.78 Å². The van der Waals surface area contributed by atoms with Crippen molar-refractivity contribution in [3.8, 4) is 5.75 Å². The number of carbonyl (C=O) groups is 1. The van der Waals surface area contributed by atoms with Crippen LogP contribution in [-0.2, 0) is 13.2 Å². The van der Waals surface area contributed by atoms with E-state index in [0.717, 1.165) is 5.56 Å². The maximum Gasteiger partial charge on any atom is 0.256 e. The van der Waals surface area contributed by atoms with Gasteiger partial charge in [0.05, 0.1) is 11.6 Å². The molecule has 32 heavy (non-hydrogen) atoms. The van der Waals surface area contributed by atoms with E-state index in [4.69, 9.17) is 27.9 Å². The minimum Gasteiger partial charge on any atom is -0.487 e. The number of ether oxygens (including phenoxy) is 1. The Morgan fingerprint density at radius 1 is 1.03 bits per heavy atom. The van der Waals surface area contributed by atoms with E-state index in [0.29, 0.717) is 39.3 Å². The van der Waals surface area contributed by atoms with Crippen molar-refractivity contribution in [2.24, 2.45) is 0 Å². The van der Waals surface area contributed by atoms with Gasteiger partial charge in [0.1, 0.15) is 18.2 Å². The Bertz CT molecular complexity index is 1240. The van der Waals surface area contributed by atoms with Gasteiger partial charge in [-0.25, -0.2) is 4.39 Å². The summed E-state index contributed by atoms with van der Waals surface area (Å²) in [5, 5.41) is 8.00. The molecule has 0 aliphatic carbocycles. The lowest BCUT2D eigenvalue weighted by Crippen LogP contribution is -2.13. The first kappa shape index (κ1) is 21.9. The Labute approximate surface area is 194 Å². The third-order valence-electron chi connectivity index (χ3n) is 4.68. The van der Waals surface area contributed by atoms with Crippen LogP contribution in [0.1, 0.15) is 21.5 Å². The van der Waals surface area contributed by atoms with Crippen molar-refractivity contribution in [3.05, 3.63) is 112 Å². The standard InChI is InChI=1S/C24H18Cl2FN3O2/c25-19-9-10-22(20(26)13-19)32-15-16-5-7-17(8-6-16)24(31)28-23-11-12-30(29-23)14-18-3-1-2-4-21(18)27/h1-13H,14-15H2,(H,28,29,31). The van der Waals surface area contributed by atoms with Crippen LogP contribution in [0.3, 0.4) is 0 Å². The molecule has 0 fully saturated rings. The molecule has 4 aromatic rings. The lowest BCUT2D eigenvalue weighted by molar-refractivity contribution is 0.102. The van der Waals surface area contributed by atoms with Gasteiger partial charge in [-0.05, 0) is 42.0 Å². The highest BCUT2D eigenvalue weighted by Gasteiger charge is 2.10. The highest BCUT2D eigenvalue weighted by Crippen LogP contribution is 2.28. The first-order chi connectivity index (χ1) is 15.5. The van der Waals surface area contributed by atoms with Gasteiger partial charge in [0.25, 0.3) is 5.91 Å². The first-order valence-electron chi connectivity index (χ1n) is 9.73. The van der Waals surface area contributed by atoms with E-state index >= 15 is 0 Å². The Morgan fingerprint density at radius 3 is 2.56 bits per heavy atom. The SMILES string of the molecule is O=C(Nc1ccn(Cc2ccccc2F)n1)c1ccc(COc2ccc(Cl)cc2Cl)cc1. The molecule has 0 bridgehead atoms. The zero-order valence-electron chi connectivity index (χ0n) is 16.8. The van der Waals surface area contributed by atoms with Crippen LogP contribution in [0.15, 0.2) is 79.0 Å². The number of hydrogen-bond donors (Lipinski definition) is 1. The maximum atomic E-state index is 13.8. The van der Waals surface area contributed by atoms with E-state index in [2.05, 4.69) is 10.4 Å². The van der Waals surface area contributed by atoms with E-state index in [1.807, 2.05) is 0 Å². The molecule has 5 nitrogen and oxygen atoms in total. The molecule has 0 aliphatic rings. The van der Waals surface area contributed by atoms with E-state index in [-0.39, 0.29) is 18.3 Å². The summed E-state index contributed by atoms with van der Waals surface area (Å²) >= 11 is 12.0. The number of halogens is 3. The highest BCUT2D eigenvalue weighted by molar-refractivity contribution is 6.35. The molecule has 162 valence electrons. The van der Waals surface area contributed by atoms with Gasteiger partial charge >= 0.3 is 0 Å². The lowest BCUT2D eigenvalue weighted by Gasteiger charge is -2.09. The van der Waals surface area contributed by atoms with Gasteiger partial charge in [-0.15, -0.1) is 0 Å². The average molecular weight is 470 g/mol. The molecule has 8 heteroatoms. The summed E-state index contributed by atoms with van der Waals surface area (Å²) in [6.45, 7) is 0.568.